The van der Waals surface area contributed by atoms with Crippen molar-refractivity contribution in [3.05, 3.63) is 23.8 Å². The minimum atomic E-state index is -0.481. The number of rotatable bonds is 5. The van der Waals surface area contributed by atoms with E-state index < -0.39 is 5.97 Å². The molecule has 2 heterocycles. The Bertz CT molecular complexity index is 402. The Kier molecular flexibility index (Phi) is 5.23. The summed E-state index contributed by atoms with van der Waals surface area (Å²) >= 11 is 0. The first-order chi connectivity index (χ1) is 9.29. The minimum Gasteiger partial charge on any atom is -0.464 e. The molecule has 1 unspecified atom stereocenters. The van der Waals surface area contributed by atoms with Crippen molar-refractivity contribution in [3.8, 4) is 0 Å². The number of hydrogen-bond acceptors (Lipinski definition) is 6. The SMILES string of the molecule is COC(=O)c1cnc(CCOC2CCCCO2)cn1. The second kappa shape index (κ2) is 7.16. The summed E-state index contributed by atoms with van der Waals surface area (Å²) in [6.07, 6.45) is 6.76. The van der Waals surface area contributed by atoms with E-state index in [-0.39, 0.29) is 12.0 Å². The third kappa shape index (κ3) is 4.25. The summed E-state index contributed by atoms with van der Waals surface area (Å²) < 4.78 is 15.6. The average Bonchev–Trinajstić information content (AvgIpc) is 2.48. The second-order valence-electron chi connectivity index (χ2n) is 4.30. The first-order valence-corrected chi connectivity index (χ1v) is 6.42. The molecule has 1 saturated heterocycles. The quantitative estimate of drug-likeness (QED) is 0.749. The van der Waals surface area contributed by atoms with Crippen LogP contribution in [0.25, 0.3) is 0 Å². The van der Waals surface area contributed by atoms with Gasteiger partial charge in [-0.15, -0.1) is 0 Å². The van der Waals surface area contributed by atoms with Gasteiger partial charge in [-0.25, -0.2) is 9.78 Å². The molecular weight excluding hydrogens is 248 g/mol. The van der Waals surface area contributed by atoms with Crippen LogP contribution in [-0.4, -0.2) is 42.6 Å². The normalized spacial score (nSPS) is 19.1. The summed E-state index contributed by atoms with van der Waals surface area (Å²) in [6, 6.07) is 0. The lowest BCUT2D eigenvalue weighted by Crippen LogP contribution is -2.23. The van der Waals surface area contributed by atoms with E-state index in [4.69, 9.17) is 9.47 Å². The van der Waals surface area contributed by atoms with E-state index in [9.17, 15) is 4.79 Å². The van der Waals surface area contributed by atoms with Gasteiger partial charge >= 0.3 is 5.97 Å². The van der Waals surface area contributed by atoms with Crippen LogP contribution in [0.3, 0.4) is 0 Å². The van der Waals surface area contributed by atoms with Crippen molar-refractivity contribution in [3.63, 3.8) is 0 Å². The molecule has 1 atom stereocenters. The van der Waals surface area contributed by atoms with Gasteiger partial charge in [0.15, 0.2) is 12.0 Å². The van der Waals surface area contributed by atoms with E-state index in [1.54, 1.807) is 6.20 Å². The van der Waals surface area contributed by atoms with E-state index in [0.29, 0.717) is 13.0 Å². The Morgan fingerprint density at radius 1 is 1.42 bits per heavy atom. The zero-order chi connectivity index (χ0) is 13.5. The third-order valence-corrected chi connectivity index (χ3v) is 2.90. The third-order valence-electron chi connectivity index (χ3n) is 2.90. The average molecular weight is 266 g/mol. The van der Waals surface area contributed by atoms with Gasteiger partial charge in [-0.05, 0) is 19.3 Å². The molecule has 0 N–H and O–H groups in total. The Morgan fingerprint density at radius 2 is 2.32 bits per heavy atom. The summed E-state index contributed by atoms with van der Waals surface area (Å²) in [5, 5.41) is 0. The number of carbonyl (C=O) groups excluding carboxylic acids is 1. The van der Waals surface area contributed by atoms with E-state index in [2.05, 4.69) is 14.7 Å². The first kappa shape index (κ1) is 13.9. The Labute approximate surface area is 112 Å². The van der Waals surface area contributed by atoms with Gasteiger partial charge in [0.05, 0.1) is 25.6 Å². The van der Waals surface area contributed by atoms with E-state index in [0.717, 1.165) is 31.6 Å². The standard InChI is InChI=1S/C13H18N2O4/c1-17-13(16)11-9-14-10(8-15-11)5-7-19-12-4-2-3-6-18-12/h8-9,12H,2-7H2,1H3. The van der Waals surface area contributed by atoms with Crippen LogP contribution in [-0.2, 0) is 20.6 Å². The lowest BCUT2D eigenvalue weighted by atomic mass is 10.2. The largest absolute Gasteiger partial charge is 0.464 e. The van der Waals surface area contributed by atoms with Gasteiger partial charge in [-0.3, -0.25) is 4.98 Å². The van der Waals surface area contributed by atoms with Gasteiger partial charge in [0.25, 0.3) is 0 Å². The van der Waals surface area contributed by atoms with Crippen LogP contribution in [0.5, 0.6) is 0 Å². The van der Waals surface area contributed by atoms with Crippen LogP contribution in [0.15, 0.2) is 12.4 Å². The van der Waals surface area contributed by atoms with Crippen LogP contribution in [0.4, 0.5) is 0 Å². The van der Waals surface area contributed by atoms with Crippen molar-refractivity contribution in [2.75, 3.05) is 20.3 Å². The molecule has 104 valence electrons. The smallest absolute Gasteiger partial charge is 0.358 e. The molecule has 6 nitrogen and oxygen atoms in total. The summed E-state index contributed by atoms with van der Waals surface area (Å²) in [4.78, 5) is 19.3. The van der Waals surface area contributed by atoms with Crippen LogP contribution < -0.4 is 0 Å². The summed E-state index contributed by atoms with van der Waals surface area (Å²) in [6.45, 7) is 1.31. The predicted octanol–water partition coefficient (Wildman–Crippen LogP) is 1.35. The highest BCUT2D eigenvalue weighted by Gasteiger charge is 2.14. The van der Waals surface area contributed by atoms with Gasteiger partial charge in [-0.2, -0.15) is 0 Å². The topological polar surface area (TPSA) is 70.5 Å². The minimum absolute atomic E-state index is 0.0870. The highest BCUT2D eigenvalue weighted by molar-refractivity contribution is 5.86. The monoisotopic (exact) mass is 266 g/mol. The maximum absolute atomic E-state index is 11.2. The molecule has 0 amide bonds. The van der Waals surface area contributed by atoms with Crippen LogP contribution in [0.1, 0.15) is 35.4 Å². The Morgan fingerprint density at radius 3 is 2.95 bits per heavy atom. The molecular formula is C13H18N2O4. The Balaban J connectivity index is 1.75. The van der Waals surface area contributed by atoms with E-state index in [1.807, 2.05) is 0 Å². The molecule has 1 fully saturated rings. The molecule has 1 aliphatic heterocycles. The van der Waals surface area contributed by atoms with Crippen molar-refractivity contribution in [2.45, 2.75) is 32.0 Å². The van der Waals surface area contributed by atoms with Crippen LogP contribution in [0.2, 0.25) is 0 Å². The molecule has 1 aliphatic rings. The van der Waals surface area contributed by atoms with Gasteiger partial charge in [-0.1, -0.05) is 0 Å². The molecule has 0 aromatic carbocycles. The molecule has 19 heavy (non-hydrogen) atoms. The highest BCUT2D eigenvalue weighted by Crippen LogP contribution is 2.13. The molecule has 1 aromatic rings. The molecule has 0 radical (unpaired) electrons. The first-order valence-electron chi connectivity index (χ1n) is 6.42. The van der Waals surface area contributed by atoms with Crippen molar-refractivity contribution < 1.29 is 19.0 Å². The van der Waals surface area contributed by atoms with E-state index >= 15 is 0 Å². The molecule has 2 rings (SSSR count). The maximum atomic E-state index is 11.2. The lowest BCUT2D eigenvalue weighted by Gasteiger charge is -2.22. The number of hydrogen-bond donors (Lipinski definition) is 0. The van der Waals surface area contributed by atoms with Crippen molar-refractivity contribution in [1.29, 1.82) is 0 Å². The fraction of sp³-hybridized carbons (Fsp3) is 0.615. The molecule has 1 aromatic heterocycles. The maximum Gasteiger partial charge on any atom is 0.358 e. The number of methoxy groups -OCH3 is 1. The molecule has 6 heteroatoms. The van der Waals surface area contributed by atoms with Gasteiger partial charge < -0.3 is 14.2 Å². The Hall–Kier alpha value is -1.53. The number of carbonyl (C=O) groups is 1. The number of nitrogens with zero attached hydrogens (tertiary/aromatic N) is 2. The molecule has 0 bridgehead atoms. The van der Waals surface area contributed by atoms with Crippen molar-refractivity contribution >= 4 is 5.97 Å². The number of aromatic nitrogens is 2. The van der Waals surface area contributed by atoms with Crippen LogP contribution in [0, 0.1) is 0 Å². The van der Waals surface area contributed by atoms with Crippen molar-refractivity contribution in [2.24, 2.45) is 0 Å². The molecule has 0 saturated carbocycles. The lowest BCUT2D eigenvalue weighted by molar-refractivity contribution is -0.161. The number of esters is 1. The number of ether oxygens (including phenoxy) is 3. The molecule has 0 aliphatic carbocycles. The van der Waals surface area contributed by atoms with Crippen molar-refractivity contribution in [1.82, 2.24) is 9.97 Å². The van der Waals surface area contributed by atoms with Gasteiger partial charge in [0.2, 0.25) is 0 Å². The van der Waals surface area contributed by atoms with Crippen LogP contribution >= 0.6 is 0 Å². The second-order valence-corrected chi connectivity index (χ2v) is 4.30. The zero-order valence-corrected chi connectivity index (χ0v) is 11.0. The van der Waals surface area contributed by atoms with Gasteiger partial charge in [0, 0.05) is 19.2 Å². The fourth-order valence-corrected chi connectivity index (χ4v) is 1.83. The summed E-state index contributed by atoms with van der Waals surface area (Å²) in [7, 11) is 1.32. The van der Waals surface area contributed by atoms with E-state index in [1.165, 1.54) is 13.3 Å². The zero-order valence-electron chi connectivity index (χ0n) is 11.0. The van der Waals surface area contributed by atoms with Gasteiger partial charge in [0.1, 0.15) is 0 Å². The molecule has 0 spiro atoms. The predicted molar refractivity (Wildman–Crippen MR) is 66.6 cm³/mol. The summed E-state index contributed by atoms with van der Waals surface area (Å²) in [5.74, 6) is -0.481. The fourth-order valence-electron chi connectivity index (χ4n) is 1.83. The highest BCUT2D eigenvalue weighted by atomic mass is 16.7. The summed E-state index contributed by atoms with van der Waals surface area (Å²) in [5.41, 5.74) is 0.992.